The van der Waals surface area contributed by atoms with Crippen molar-refractivity contribution in [3.8, 4) is 17.5 Å². The number of aryl methyl sites for hydroxylation is 2. The van der Waals surface area contributed by atoms with Crippen LogP contribution in [0.1, 0.15) is 75.0 Å². The number of carbonyl (C=O) groups is 3. The predicted octanol–water partition coefficient (Wildman–Crippen LogP) is 3.65. The van der Waals surface area contributed by atoms with E-state index >= 15 is 0 Å². The molecule has 0 bridgehead atoms. The Hall–Kier alpha value is -5.41. The third-order valence-corrected chi connectivity index (χ3v) is 9.70. The molecule has 0 saturated carbocycles. The number of nitrogens with zero attached hydrogens (tertiary/aromatic N) is 4. The van der Waals surface area contributed by atoms with E-state index in [0.717, 1.165) is 28.7 Å². The van der Waals surface area contributed by atoms with E-state index in [-0.39, 0.29) is 36.1 Å². The normalized spacial score (nSPS) is 16.9. The summed E-state index contributed by atoms with van der Waals surface area (Å²) >= 11 is 0. The van der Waals surface area contributed by atoms with Gasteiger partial charge in [0, 0.05) is 43.4 Å². The molecule has 1 unspecified atom stereocenters. The Kier molecular flexibility index (Phi) is 9.56. The van der Waals surface area contributed by atoms with Crippen LogP contribution in [0.2, 0.25) is 0 Å². The minimum atomic E-state index is -0.979. The Morgan fingerprint density at radius 3 is 2.18 bits per heavy atom. The van der Waals surface area contributed by atoms with Gasteiger partial charge in [-0.3, -0.25) is 19.5 Å². The van der Waals surface area contributed by atoms with Crippen LogP contribution in [0.3, 0.4) is 0 Å². The molecule has 1 aromatic heterocycles. The summed E-state index contributed by atoms with van der Waals surface area (Å²) in [5.41, 5.74) is 4.40. The van der Waals surface area contributed by atoms with Crippen molar-refractivity contribution in [2.75, 3.05) is 27.2 Å². The first-order chi connectivity index (χ1) is 23.7. The van der Waals surface area contributed by atoms with E-state index in [4.69, 9.17) is 4.98 Å². The van der Waals surface area contributed by atoms with Gasteiger partial charge < -0.3 is 20.9 Å². The highest BCUT2D eigenvalue weighted by atomic mass is 19.1. The molecule has 3 aromatic carbocycles. The second kappa shape index (κ2) is 14.0. The van der Waals surface area contributed by atoms with Crippen molar-refractivity contribution < 1.29 is 18.8 Å². The molecule has 1 saturated heterocycles. The number of nitriles is 1. The van der Waals surface area contributed by atoms with E-state index in [9.17, 15) is 24.0 Å². The third kappa shape index (κ3) is 6.41. The van der Waals surface area contributed by atoms with E-state index in [1.807, 2.05) is 31.2 Å². The van der Waals surface area contributed by atoms with Crippen molar-refractivity contribution in [2.24, 2.45) is 0 Å². The smallest absolute Gasteiger partial charge is 0.251 e. The fraction of sp³-hybridized carbons (Fsp3) is 0.351. The molecular formula is C37H39FN8O3. The Balaban J connectivity index is 1.50. The molecule has 1 aliphatic heterocycles. The van der Waals surface area contributed by atoms with Gasteiger partial charge in [0.2, 0.25) is 5.91 Å². The lowest BCUT2D eigenvalue weighted by atomic mass is 9.67. The molecule has 0 radical (unpaired) electrons. The van der Waals surface area contributed by atoms with Crippen molar-refractivity contribution in [1.82, 2.24) is 36.0 Å². The summed E-state index contributed by atoms with van der Waals surface area (Å²) in [7, 11) is 3.19. The topological polar surface area (TPSA) is 156 Å². The van der Waals surface area contributed by atoms with Crippen molar-refractivity contribution in [2.45, 2.75) is 56.5 Å². The summed E-state index contributed by atoms with van der Waals surface area (Å²) in [6.45, 7) is 2.61. The Morgan fingerprint density at radius 2 is 1.61 bits per heavy atom. The number of amides is 3. The minimum absolute atomic E-state index is 0.0532. The fourth-order valence-electron chi connectivity index (χ4n) is 7.27. The Labute approximate surface area is 284 Å². The number of hydrogen-bond donors (Lipinski definition) is 4. The van der Waals surface area contributed by atoms with E-state index in [2.05, 4.69) is 32.2 Å². The molecule has 2 atom stereocenters. The Bertz CT molecular complexity index is 1860. The third-order valence-electron chi connectivity index (χ3n) is 9.70. The van der Waals surface area contributed by atoms with Crippen LogP contribution < -0.4 is 16.0 Å². The molecule has 6 rings (SSSR count). The van der Waals surface area contributed by atoms with Crippen LogP contribution >= 0.6 is 0 Å². The first-order valence-electron chi connectivity index (χ1n) is 16.5. The molecule has 4 aromatic rings. The van der Waals surface area contributed by atoms with Gasteiger partial charge in [-0.15, -0.1) is 0 Å². The maximum atomic E-state index is 13.8. The molecule has 1 fully saturated rings. The lowest BCUT2D eigenvalue weighted by molar-refractivity contribution is -0.130. The van der Waals surface area contributed by atoms with Crippen molar-refractivity contribution in [3.05, 3.63) is 106 Å². The molecule has 3 amide bonds. The van der Waals surface area contributed by atoms with Crippen LogP contribution in [0, 0.1) is 17.1 Å². The van der Waals surface area contributed by atoms with Crippen molar-refractivity contribution in [3.63, 3.8) is 0 Å². The van der Waals surface area contributed by atoms with Crippen LogP contribution in [0.5, 0.6) is 0 Å². The fourth-order valence-corrected chi connectivity index (χ4v) is 7.27. The number of nitrogens with one attached hydrogen (secondary N) is 4. The van der Waals surface area contributed by atoms with Gasteiger partial charge in [0.25, 0.3) is 11.8 Å². The van der Waals surface area contributed by atoms with Crippen LogP contribution in [0.4, 0.5) is 4.39 Å². The van der Waals surface area contributed by atoms with E-state index in [1.54, 1.807) is 43.3 Å². The number of rotatable bonds is 9. The summed E-state index contributed by atoms with van der Waals surface area (Å²) < 4.78 is 13.8. The quantitative estimate of drug-likeness (QED) is 0.213. The zero-order chi connectivity index (χ0) is 34.7. The average molecular weight is 663 g/mol. The second-order valence-electron chi connectivity index (χ2n) is 12.7. The van der Waals surface area contributed by atoms with E-state index in [0.29, 0.717) is 60.6 Å². The summed E-state index contributed by atoms with van der Waals surface area (Å²) in [6, 6.07) is 18.8. The van der Waals surface area contributed by atoms with Crippen molar-refractivity contribution in [1.29, 1.82) is 5.26 Å². The first-order valence-corrected chi connectivity index (χ1v) is 16.5. The standard InChI is InChI=1S/C37H39FN8O3/c1-22(42-21-32(47)46-16-4-5-29(46)20-39)19-37(36-43-33(44-45-36)23-8-12-28(38)13-9-23)30-14-10-26(34(48)40-2)17-24(30)6-7-25-18-27(35(49)41-3)11-15-31(25)37/h8-15,17-18,22,29,42H,4-7,16,19,21H2,1-3H3,(H,40,48)(H,41,49)(H,43,44,45)/t22-,29?/m1/s1. The van der Waals surface area contributed by atoms with Gasteiger partial charge in [0.15, 0.2) is 5.82 Å². The number of halogens is 1. The molecule has 4 N–H and O–H groups in total. The van der Waals surface area contributed by atoms with Gasteiger partial charge in [0.05, 0.1) is 18.0 Å². The zero-order valence-corrected chi connectivity index (χ0v) is 27.8. The summed E-state index contributed by atoms with van der Waals surface area (Å²) in [5.74, 6) is 0.00266. The molecular weight excluding hydrogens is 623 g/mol. The number of aromatic nitrogens is 3. The monoisotopic (exact) mass is 662 g/mol. The Morgan fingerprint density at radius 1 is 1.00 bits per heavy atom. The van der Waals surface area contributed by atoms with Crippen LogP contribution in [0.25, 0.3) is 11.4 Å². The molecule has 0 spiro atoms. The van der Waals surface area contributed by atoms with Gasteiger partial charge in [-0.1, -0.05) is 12.1 Å². The predicted molar refractivity (Wildman–Crippen MR) is 181 cm³/mol. The summed E-state index contributed by atoms with van der Waals surface area (Å²) in [4.78, 5) is 45.5. The first kappa shape index (κ1) is 33.5. The molecule has 2 heterocycles. The molecule has 1 aliphatic carbocycles. The molecule has 11 nitrogen and oxygen atoms in total. The maximum Gasteiger partial charge on any atom is 0.251 e. The highest BCUT2D eigenvalue weighted by Crippen LogP contribution is 2.47. The van der Waals surface area contributed by atoms with Crippen LogP contribution in [-0.4, -0.2) is 77.1 Å². The van der Waals surface area contributed by atoms with Gasteiger partial charge in [0.1, 0.15) is 17.7 Å². The molecule has 12 heteroatoms. The average Bonchev–Trinajstić information content (AvgIpc) is 3.80. The number of fused-ring (bicyclic) bond motifs is 2. The summed E-state index contributed by atoms with van der Waals surface area (Å²) in [5, 5.41) is 26.2. The molecule has 49 heavy (non-hydrogen) atoms. The highest BCUT2D eigenvalue weighted by Gasteiger charge is 2.45. The molecule has 2 aliphatic rings. The van der Waals surface area contributed by atoms with E-state index in [1.165, 1.54) is 12.1 Å². The highest BCUT2D eigenvalue weighted by molar-refractivity contribution is 5.95. The minimum Gasteiger partial charge on any atom is -0.355 e. The zero-order valence-electron chi connectivity index (χ0n) is 27.8. The number of hydrogen-bond acceptors (Lipinski definition) is 7. The van der Waals surface area contributed by atoms with Gasteiger partial charge in [-0.25, -0.2) is 9.37 Å². The van der Waals surface area contributed by atoms with Crippen LogP contribution in [-0.2, 0) is 23.1 Å². The number of carbonyl (C=O) groups excluding carboxylic acids is 3. The lowest BCUT2D eigenvalue weighted by Gasteiger charge is -2.37. The van der Waals surface area contributed by atoms with Crippen LogP contribution in [0.15, 0.2) is 60.7 Å². The SMILES string of the molecule is CNC(=O)c1ccc2c(c1)CCc1cc(C(=O)NC)ccc1C2(C[C@@H](C)NCC(=O)N1CCCC1C#N)c1nc(-c2ccc(F)cc2)n[nH]1. The van der Waals surface area contributed by atoms with Gasteiger partial charge >= 0.3 is 0 Å². The number of aromatic amines is 1. The largest absolute Gasteiger partial charge is 0.355 e. The van der Waals surface area contributed by atoms with Crippen molar-refractivity contribution >= 4 is 17.7 Å². The van der Waals surface area contributed by atoms with Gasteiger partial charge in [-0.05, 0) is 110 Å². The number of likely N-dealkylation sites (tertiary alicyclic amines) is 1. The maximum absolute atomic E-state index is 13.8. The summed E-state index contributed by atoms with van der Waals surface area (Å²) in [6.07, 6.45) is 3.07. The lowest BCUT2D eigenvalue weighted by Crippen LogP contribution is -2.45. The van der Waals surface area contributed by atoms with Gasteiger partial charge in [-0.2, -0.15) is 10.4 Å². The molecule has 252 valence electrons. The second-order valence-corrected chi connectivity index (χ2v) is 12.7. The number of H-pyrrole nitrogens is 1. The van der Waals surface area contributed by atoms with E-state index < -0.39 is 11.5 Å². The number of benzene rings is 3.